The van der Waals surface area contributed by atoms with Crippen LogP contribution in [0.25, 0.3) is 55.1 Å². The van der Waals surface area contributed by atoms with Crippen molar-refractivity contribution in [2.45, 2.75) is 20.7 Å². The van der Waals surface area contributed by atoms with Crippen LogP contribution >= 0.6 is 0 Å². The molecule has 6 rings (SSSR count). The van der Waals surface area contributed by atoms with Gasteiger partial charge in [-0.05, 0) is 61.7 Å². The van der Waals surface area contributed by atoms with Gasteiger partial charge in [0.1, 0.15) is 7.05 Å². The number of hydrogen-bond donors (Lipinski definition) is 0. The van der Waals surface area contributed by atoms with Crippen LogP contribution in [0.1, 0.15) is 20.8 Å². The molecule has 0 amide bonds. The maximum atomic E-state index is 8.23. The summed E-state index contributed by atoms with van der Waals surface area (Å²) >= 11 is 0. The topological polar surface area (TPSA) is 29.9 Å². The van der Waals surface area contributed by atoms with Gasteiger partial charge in [-0.25, -0.2) is 4.98 Å². The zero-order valence-corrected chi connectivity index (χ0v) is 17.7. The maximum absolute atomic E-state index is 8.23. The molecule has 0 radical (unpaired) electrons. The van der Waals surface area contributed by atoms with Crippen molar-refractivity contribution in [3.8, 4) is 11.3 Å². The summed E-state index contributed by atoms with van der Waals surface area (Å²) in [6, 6.07) is 22.0. The van der Waals surface area contributed by atoms with E-state index in [-0.39, 0.29) is 0 Å². The highest BCUT2D eigenvalue weighted by atomic mass is 16.3. The Hall–Kier alpha value is -3.72. The highest BCUT2D eigenvalue weighted by Crippen LogP contribution is 2.39. The molecule has 0 atom stereocenters. The second-order valence-electron chi connectivity index (χ2n) is 8.22. The Morgan fingerprint density at radius 1 is 0.871 bits per heavy atom. The lowest BCUT2D eigenvalue weighted by molar-refractivity contribution is -0.633. The number of pyridine rings is 2. The molecule has 0 bridgehead atoms. The van der Waals surface area contributed by atoms with Crippen molar-refractivity contribution in [2.24, 2.45) is 7.05 Å². The number of benzene rings is 3. The van der Waals surface area contributed by atoms with Crippen molar-refractivity contribution < 1.29 is 13.1 Å². The fourth-order valence-corrected chi connectivity index (χ4v) is 4.67. The quantitative estimate of drug-likeness (QED) is 0.284. The van der Waals surface area contributed by atoms with Gasteiger partial charge in [-0.1, -0.05) is 30.3 Å². The molecule has 0 aliphatic rings. The maximum Gasteiger partial charge on any atom is 0.227 e. The van der Waals surface area contributed by atoms with Crippen LogP contribution in [0.15, 0.2) is 71.1 Å². The molecule has 0 aliphatic heterocycles. The Labute approximate surface area is 184 Å². The van der Waals surface area contributed by atoms with Crippen molar-refractivity contribution in [3.63, 3.8) is 0 Å². The van der Waals surface area contributed by atoms with Gasteiger partial charge in [0.05, 0.1) is 11.1 Å². The average Bonchev–Trinajstić information content (AvgIpc) is 3.14. The number of nitrogens with zero attached hydrogens (tertiary/aromatic N) is 2. The lowest BCUT2D eigenvalue weighted by atomic mass is 9.95. The van der Waals surface area contributed by atoms with Gasteiger partial charge >= 0.3 is 0 Å². The first-order valence-corrected chi connectivity index (χ1v) is 10.4. The highest BCUT2D eigenvalue weighted by molar-refractivity contribution is 6.11. The van der Waals surface area contributed by atoms with E-state index in [1.807, 2.05) is 50.4 Å². The molecular formula is C28H23N2O+. The van der Waals surface area contributed by atoms with E-state index in [9.17, 15) is 0 Å². The number of rotatable bonds is 1. The van der Waals surface area contributed by atoms with Crippen molar-refractivity contribution >= 4 is 43.9 Å². The molecule has 0 N–H and O–H groups in total. The number of furan rings is 1. The van der Waals surface area contributed by atoms with E-state index in [2.05, 4.69) is 35.8 Å². The van der Waals surface area contributed by atoms with Gasteiger partial charge in [-0.3, -0.25) is 0 Å². The summed E-state index contributed by atoms with van der Waals surface area (Å²) in [4.78, 5) is 4.74. The fraction of sp³-hybridized carbons (Fsp3) is 0.143. The van der Waals surface area contributed by atoms with Crippen LogP contribution in [0.3, 0.4) is 0 Å². The SMILES string of the molecule is [2H]C([2H])([2H])c1cc2c(oc3nc4ccccc4cc32)c(-c2ccc3c(C)cccc3[n+]2C)c1C. The standard InChI is InChI=1S/C28H23N2O/c1-16-8-7-11-24-20(16)12-13-25(30(24)4)26-18(3)17(2)14-21-22-15-19-9-5-6-10-23(19)29-28(22)31-27(21)26/h5-15H,1-4H3/q+1/i2D3. The summed E-state index contributed by atoms with van der Waals surface area (Å²) in [6.45, 7) is 1.71. The molecule has 0 fully saturated rings. The molecule has 3 heteroatoms. The lowest BCUT2D eigenvalue weighted by Gasteiger charge is -2.10. The van der Waals surface area contributed by atoms with Crippen LogP contribution in [0.5, 0.6) is 0 Å². The van der Waals surface area contributed by atoms with Gasteiger partial charge in [0.2, 0.25) is 16.9 Å². The first kappa shape index (κ1) is 15.1. The molecule has 3 aromatic heterocycles. The molecule has 0 unspecified atom stereocenters. The van der Waals surface area contributed by atoms with Gasteiger partial charge in [0.15, 0.2) is 5.58 Å². The number of hydrogen-bond acceptors (Lipinski definition) is 2. The minimum absolute atomic E-state index is 0.329. The Morgan fingerprint density at radius 3 is 2.61 bits per heavy atom. The lowest BCUT2D eigenvalue weighted by Crippen LogP contribution is -2.32. The monoisotopic (exact) mass is 406 g/mol. The second kappa shape index (κ2) is 6.39. The Bertz CT molecular complexity index is 1780. The van der Waals surface area contributed by atoms with Crippen molar-refractivity contribution in [1.82, 2.24) is 4.98 Å². The molecule has 6 aromatic rings. The van der Waals surface area contributed by atoms with Crippen molar-refractivity contribution in [3.05, 3.63) is 83.4 Å². The van der Waals surface area contributed by atoms with Crippen LogP contribution in [0, 0.1) is 20.7 Å². The van der Waals surface area contributed by atoms with E-state index in [1.54, 1.807) is 6.07 Å². The molecule has 3 heterocycles. The summed E-state index contributed by atoms with van der Waals surface area (Å²) in [6.07, 6.45) is 0. The zero-order chi connectivity index (χ0) is 23.8. The highest BCUT2D eigenvalue weighted by Gasteiger charge is 2.24. The average molecular weight is 407 g/mol. The predicted molar refractivity (Wildman–Crippen MR) is 127 cm³/mol. The first-order valence-electron chi connectivity index (χ1n) is 11.9. The van der Waals surface area contributed by atoms with Crippen molar-refractivity contribution in [1.29, 1.82) is 0 Å². The minimum Gasteiger partial charge on any atom is -0.437 e. The van der Waals surface area contributed by atoms with Gasteiger partial charge in [-0.2, -0.15) is 4.57 Å². The fourth-order valence-electron chi connectivity index (χ4n) is 4.67. The van der Waals surface area contributed by atoms with Crippen LogP contribution < -0.4 is 4.57 Å². The van der Waals surface area contributed by atoms with E-state index in [4.69, 9.17) is 13.5 Å². The third-order valence-electron chi connectivity index (χ3n) is 6.41. The molecule has 3 aromatic carbocycles. The third-order valence-corrected chi connectivity index (χ3v) is 6.41. The number of fused-ring (bicyclic) bond motifs is 5. The predicted octanol–water partition coefficient (Wildman–Crippen LogP) is 6.70. The van der Waals surface area contributed by atoms with Gasteiger partial charge < -0.3 is 4.42 Å². The van der Waals surface area contributed by atoms with Gasteiger partial charge in [0.25, 0.3) is 0 Å². The molecule has 0 spiro atoms. The molecule has 0 saturated heterocycles. The van der Waals surface area contributed by atoms with Gasteiger partial charge in [-0.15, -0.1) is 0 Å². The van der Waals surface area contributed by atoms with Gasteiger partial charge in [0, 0.05) is 37.8 Å². The second-order valence-corrected chi connectivity index (χ2v) is 8.22. The van der Waals surface area contributed by atoms with Crippen LogP contribution in [0.4, 0.5) is 0 Å². The Balaban J connectivity index is 1.79. The summed E-state index contributed by atoms with van der Waals surface area (Å²) in [5.41, 5.74) is 6.99. The van der Waals surface area contributed by atoms with E-state index < -0.39 is 6.85 Å². The summed E-state index contributed by atoms with van der Waals surface area (Å²) in [5.74, 6) is 0. The molecule has 150 valence electrons. The zero-order valence-electron chi connectivity index (χ0n) is 20.7. The summed E-state index contributed by atoms with van der Waals surface area (Å²) in [5, 5.41) is 3.73. The summed E-state index contributed by atoms with van der Waals surface area (Å²) in [7, 11) is 2.01. The van der Waals surface area contributed by atoms with E-state index in [0.717, 1.165) is 43.8 Å². The Morgan fingerprint density at radius 2 is 1.74 bits per heavy atom. The van der Waals surface area contributed by atoms with E-state index in [0.29, 0.717) is 22.4 Å². The molecule has 31 heavy (non-hydrogen) atoms. The van der Waals surface area contributed by atoms with Crippen molar-refractivity contribution in [2.75, 3.05) is 0 Å². The molecule has 0 saturated carbocycles. The molecule has 3 nitrogen and oxygen atoms in total. The largest absolute Gasteiger partial charge is 0.437 e. The van der Waals surface area contributed by atoms with Crippen LogP contribution in [0.2, 0.25) is 0 Å². The molecular weight excluding hydrogens is 380 g/mol. The van der Waals surface area contributed by atoms with Crippen LogP contribution in [-0.4, -0.2) is 4.98 Å². The number of aryl methyl sites for hydroxylation is 3. The number of para-hydroxylation sites is 1. The summed E-state index contributed by atoms with van der Waals surface area (Å²) < 4.78 is 33.2. The molecule has 0 aliphatic carbocycles. The van der Waals surface area contributed by atoms with Crippen LogP contribution in [-0.2, 0) is 7.05 Å². The minimum atomic E-state index is -2.26. The third kappa shape index (κ3) is 2.53. The normalized spacial score (nSPS) is 13.7. The Kier molecular flexibility index (Phi) is 3.12. The van der Waals surface area contributed by atoms with E-state index in [1.165, 1.54) is 5.56 Å². The van der Waals surface area contributed by atoms with E-state index >= 15 is 0 Å². The number of aromatic nitrogens is 2. The smallest absolute Gasteiger partial charge is 0.227 e. The first-order chi connectivity index (χ1) is 16.2.